The normalized spacial score (nSPS) is 10.7. The van der Waals surface area contributed by atoms with Gasteiger partial charge in [0.25, 0.3) is 0 Å². The SMILES string of the molecule is CCCNCc1ccc(-c2cc(C)ccc2F)cc1. The lowest BCUT2D eigenvalue weighted by atomic mass is 10.0. The van der Waals surface area contributed by atoms with Crippen LogP contribution in [0.25, 0.3) is 11.1 Å². The van der Waals surface area contributed by atoms with Crippen LogP contribution in [0.3, 0.4) is 0 Å². The van der Waals surface area contributed by atoms with Gasteiger partial charge in [0.2, 0.25) is 0 Å². The number of aryl methyl sites for hydroxylation is 1. The first kappa shape index (κ1) is 13.8. The van der Waals surface area contributed by atoms with Crippen molar-refractivity contribution in [2.24, 2.45) is 0 Å². The van der Waals surface area contributed by atoms with E-state index in [0.29, 0.717) is 5.56 Å². The fourth-order valence-corrected chi connectivity index (χ4v) is 2.07. The van der Waals surface area contributed by atoms with Gasteiger partial charge >= 0.3 is 0 Å². The maximum Gasteiger partial charge on any atom is 0.131 e. The van der Waals surface area contributed by atoms with E-state index in [1.165, 1.54) is 11.6 Å². The first-order chi connectivity index (χ1) is 9.20. The van der Waals surface area contributed by atoms with Gasteiger partial charge in [-0.05, 0) is 43.1 Å². The summed E-state index contributed by atoms with van der Waals surface area (Å²) in [6.07, 6.45) is 1.13. The molecule has 0 aliphatic carbocycles. The molecule has 0 saturated carbocycles. The van der Waals surface area contributed by atoms with Crippen molar-refractivity contribution in [2.75, 3.05) is 6.54 Å². The Morgan fingerprint density at radius 3 is 2.47 bits per heavy atom. The Morgan fingerprint density at radius 2 is 1.79 bits per heavy atom. The molecule has 1 nitrogen and oxygen atoms in total. The van der Waals surface area contributed by atoms with Crippen LogP contribution in [0.4, 0.5) is 4.39 Å². The van der Waals surface area contributed by atoms with Gasteiger partial charge in [-0.1, -0.05) is 42.8 Å². The van der Waals surface area contributed by atoms with Gasteiger partial charge in [0.1, 0.15) is 5.82 Å². The van der Waals surface area contributed by atoms with Gasteiger partial charge in [-0.2, -0.15) is 0 Å². The van der Waals surface area contributed by atoms with Crippen molar-refractivity contribution in [3.05, 3.63) is 59.4 Å². The molecule has 0 atom stereocenters. The molecule has 0 aromatic heterocycles. The topological polar surface area (TPSA) is 12.0 Å². The van der Waals surface area contributed by atoms with E-state index >= 15 is 0 Å². The highest BCUT2D eigenvalue weighted by Crippen LogP contribution is 2.24. The van der Waals surface area contributed by atoms with E-state index in [2.05, 4.69) is 24.4 Å². The Balaban J connectivity index is 2.15. The van der Waals surface area contributed by atoms with E-state index in [9.17, 15) is 4.39 Å². The van der Waals surface area contributed by atoms with E-state index in [1.807, 2.05) is 25.1 Å². The molecule has 0 amide bonds. The van der Waals surface area contributed by atoms with Crippen LogP contribution in [0.1, 0.15) is 24.5 Å². The molecule has 0 radical (unpaired) electrons. The van der Waals surface area contributed by atoms with Gasteiger partial charge in [0, 0.05) is 12.1 Å². The second-order valence-electron chi connectivity index (χ2n) is 4.86. The highest BCUT2D eigenvalue weighted by atomic mass is 19.1. The zero-order valence-corrected chi connectivity index (χ0v) is 11.5. The van der Waals surface area contributed by atoms with Crippen LogP contribution in [-0.2, 0) is 6.54 Å². The Labute approximate surface area is 114 Å². The van der Waals surface area contributed by atoms with Crippen LogP contribution < -0.4 is 5.32 Å². The lowest BCUT2D eigenvalue weighted by Crippen LogP contribution is -2.13. The zero-order valence-electron chi connectivity index (χ0n) is 11.5. The molecule has 0 heterocycles. The quantitative estimate of drug-likeness (QED) is 0.787. The number of hydrogen-bond acceptors (Lipinski definition) is 1. The Morgan fingerprint density at radius 1 is 1.05 bits per heavy atom. The van der Waals surface area contributed by atoms with E-state index in [1.54, 1.807) is 6.07 Å². The number of benzene rings is 2. The maximum absolute atomic E-state index is 13.8. The molecule has 2 aromatic carbocycles. The summed E-state index contributed by atoms with van der Waals surface area (Å²) in [5.74, 6) is -0.164. The summed E-state index contributed by atoms with van der Waals surface area (Å²) in [4.78, 5) is 0. The summed E-state index contributed by atoms with van der Waals surface area (Å²) >= 11 is 0. The molecule has 2 aromatic rings. The average molecular weight is 257 g/mol. The summed E-state index contributed by atoms with van der Waals surface area (Å²) in [6, 6.07) is 13.3. The molecule has 0 unspecified atom stereocenters. The molecule has 1 N–H and O–H groups in total. The smallest absolute Gasteiger partial charge is 0.131 e. The van der Waals surface area contributed by atoms with Gasteiger partial charge in [-0.3, -0.25) is 0 Å². The second-order valence-corrected chi connectivity index (χ2v) is 4.86. The summed E-state index contributed by atoms with van der Waals surface area (Å²) in [5.41, 5.74) is 3.91. The van der Waals surface area contributed by atoms with Gasteiger partial charge in [-0.25, -0.2) is 4.39 Å². The van der Waals surface area contributed by atoms with Crippen LogP contribution in [0.15, 0.2) is 42.5 Å². The summed E-state index contributed by atoms with van der Waals surface area (Å²) < 4.78 is 13.8. The third kappa shape index (κ3) is 3.65. The van der Waals surface area contributed by atoms with Crippen molar-refractivity contribution < 1.29 is 4.39 Å². The molecule has 0 fully saturated rings. The van der Waals surface area contributed by atoms with Gasteiger partial charge in [0.15, 0.2) is 0 Å². The largest absolute Gasteiger partial charge is 0.313 e. The highest BCUT2D eigenvalue weighted by Gasteiger charge is 2.05. The molecule has 0 bridgehead atoms. The van der Waals surface area contributed by atoms with E-state index < -0.39 is 0 Å². The molecule has 0 saturated heterocycles. The van der Waals surface area contributed by atoms with Crippen molar-refractivity contribution >= 4 is 0 Å². The Hall–Kier alpha value is -1.67. The van der Waals surface area contributed by atoms with Gasteiger partial charge in [-0.15, -0.1) is 0 Å². The number of hydrogen-bond donors (Lipinski definition) is 1. The molecule has 0 aliphatic heterocycles. The predicted molar refractivity (Wildman–Crippen MR) is 78.6 cm³/mol. The number of rotatable bonds is 5. The Bertz CT molecular complexity index is 531. The van der Waals surface area contributed by atoms with Gasteiger partial charge < -0.3 is 5.32 Å². The molecule has 100 valence electrons. The third-order valence-corrected chi connectivity index (χ3v) is 3.14. The van der Waals surface area contributed by atoms with Crippen molar-refractivity contribution in [1.29, 1.82) is 0 Å². The molecule has 2 rings (SSSR count). The number of nitrogens with one attached hydrogen (secondary N) is 1. The van der Waals surface area contributed by atoms with E-state index in [-0.39, 0.29) is 5.82 Å². The minimum Gasteiger partial charge on any atom is -0.313 e. The Kier molecular flexibility index (Phi) is 4.69. The monoisotopic (exact) mass is 257 g/mol. The predicted octanol–water partition coefficient (Wildman–Crippen LogP) is 4.30. The first-order valence-electron chi connectivity index (χ1n) is 6.77. The maximum atomic E-state index is 13.8. The third-order valence-electron chi connectivity index (χ3n) is 3.14. The van der Waals surface area contributed by atoms with Crippen LogP contribution in [-0.4, -0.2) is 6.54 Å². The molecular weight excluding hydrogens is 237 g/mol. The molecule has 19 heavy (non-hydrogen) atoms. The zero-order chi connectivity index (χ0) is 13.7. The van der Waals surface area contributed by atoms with Crippen molar-refractivity contribution in [3.63, 3.8) is 0 Å². The average Bonchev–Trinajstić information content (AvgIpc) is 2.43. The van der Waals surface area contributed by atoms with Crippen LogP contribution in [0.5, 0.6) is 0 Å². The van der Waals surface area contributed by atoms with Crippen molar-refractivity contribution in [2.45, 2.75) is 26.8 Å². The molecular formula is C17H20FN. The molecule has 2 heteroatoms. The number of halogens is 1. The lowest BCUT2D eigenvalue weighted by molar-refractivity contribution is 0.631. The molecule has 0 spiro atoms. The highest BCUT2D eigenvalue weighted by molar-refractivity contribution is 5.65. The van der Waals surface area contributed by atoms with Crippen LogP contribution >= 0.6 is 0 Å². The standard InChI is InChI=1S/C17H20FN/c1-3-10-19-12-14-5-7-15(8-6-14)16-11-13(2)4-9-17(16)18/h4-9,11,19H,3,10,12H2,1-2H3. The van der Waals surface area contributed by atoms with Crippen LogP contribution in [0.2, 0.25) is 0 Å². The van der Waals surface area contributed by atoms with Crippen molar-refractivity contribution in [1.82, 2.24) is 5.32 Å². The van der Waals surface area contributed by atoms with Gasteiger partial charge in [0.05, 0.1) is 0 Å². The van der Waals surface area contributed by atoms with E-state index in [4.69, 9.17) is 0 Å². The summed E-state index contributed by atoms with van der Waals surface area (Å²) in [7, 11) is 0. The lowest BCUT2D eigenvalue weighted by Gasteiger charge is -2.07. The second kappa shape index (κ2) is 6.48. The van der Waals surface area contributed by atoms with E-state index in [0.717, 1.165) is 30.6 Å². The summed E-state index contributed by atoms with van der Waals surface area (Å²) in [6.45, 7) is 6.02. The fraction of sp³-hybridized carbons (Fsp3) is 0.294. The fourth-order valence-electron chi connectivity index (χ4n) is 2.07. The van der Waals surface area contributed by atoms with Crippen molar-refractivity contribution in [3.8, 4) is 11.1 Å². The van der Waals surface area contributed by atoms with Crippen LogP contribution in [0, 0.1) is 12.7 Å². The minimum atomic E-state index is -0.164. The first-order valence-corrected chi connectivity index (χ1v) is 6.77. The minimum absolute atomic E-state index is 0.164. The molecule has 0 aliphatic rings. The summed E-state index contributed by atoms with van der Waals surface area (Å²) in [5, 5.41) is 3.36.